The van der Waals surface area contributed by atoms with Crippen molar-refractivity contribution in [2.75, 3.05) is 31.9 Å². The van der Waals surface area contributed by atoms with E-state index < -0.39 is 24.3 Å². The van der Waals surface area contributed by atoms with Gasteiger partial charge < -0.3 is 25.3 Å². The number of ketones is 2. The average Bonchev–Trinajstić information content (AvgIpc) is 2.85. The molecule has 0 fully saturated rings. The van der Waals surface area contributed by atoms with Crippen LogP contribution in [0.15, 0.2) is 54.6 Å². The molecule has 9 nitrogen and oxygen atoms in total. The molecule has 3 N–H and O–H groups in total. The summed E-state index contributed by atoms with van der Waals surface area (Å²) in [5, 5.41) is 2.58. The van der Waals surface area contributed by atoms with Crippen LogP contribution < -0.4 is 20.5 Å². The lowest BCUT2D eigenvalue weighted by Gasteiger charge is -2.20. The van der Waals surface area contributed by atoms with Gasteiger partial charge in [0.2, 0.25) is 0 Å². The molecule has 0 saturated heterocycles. The maximum atomic E-state index is 13.0. The fraction of sp³-hybridized carbons (Fsp3) is 0.120. The molecule has 9 heteroatoms. The molecule has 0 unspecified atom stereocenters. The number of nitrogens with two attached hydrogens (primary N) is 1. The largest absolute Gasteiger partial charge is 0.497 e. The van der Waals surface area contributed by atoms with E-state index in [0.29, 0.717) is 17.2 Å². The van der Waals surface area contributed by atoms with Crippen LogP contribution in [0, 0.1) is 0 Å². The first-order valence-electron chi connectivity index (χ1n) is 10.2. The molecule has 172 valence electrons. The molecule has 0 bridgehead atoms. The maximum Gasteiger partial charge on any atom is 0.340 e. The highest BCUT2D eigenvalue weighted by Gasteiger charge is 2.33. The lowest BCUT2D eigenvalue weighted by atomic mass is 9.82. The Morgan fingerprint density at radius 1 is 0.882 bits per heavy atom. The maximum absolute atomic E-state index is 13.0. The summed E-state index contributed by atoms with van der Waals surface area (Å²) < 4.78 is 15.4. The average molecular weight is 460 g/mol. The standard InChI is InChI=1S/C25H20N2O7/c1-32-13-7-10-18(19(11-13)33-2)27-20(28)12-34-25(31)17-9-8-16-21(22(17)26)24(30)15-6-4-3-5-14(15)23(16)29/h3-11H,12,26H2,1-2H3,(H,27,28). The van der Waals surface area contributed by atoms with Crippen LogP contribution in [-0.4, -0.2) is 44.3 Å². The summed E-state index contributed by atoms with van der Waals surface area (Å²) in [6.07, 6.45) is 0. The van der Waals surface area contributed by atoms with Crippen molar-refractivity contribution in [2.24, 2.45) is 0 Å². The van der Waals surface area contributed by atoms with Crippen molar-refractivity contribution < 1.29 is 33.4 Å². The van der Waals surface area contributed by atoms with Gasteiger partial charge in [-0.2, -0.15) is 0 Å². The van der Waals surface area contributed by atoms with E-state index in [-0.39, 0.29) is 39.3 Å². The summed E-state index contributed by atoms with van der Waals surface area (Å²) in [6, 6.07) is 13.9. The molecular formula is C25H20N2O7. The van der Waals surface area contributed by atoms with Gasteiger partial charge in [-0.25, -0.2) is 4.79 Å². The number of nitrogens with one attached hydrogen (secondary N) is 1. The first kappa shape index (κ1) is 22.5. The number of methoxy groups -OCH3 is 2. The Hall–Kier alpha value is -4.66. The molecule has 0 atom stereocenters. The van der Waals surface area contributed by atoms with Crippen LogP contribution in [0.5, 0.6) is 11.5 Å². The van der Waals surface area contributed by atoms with Crippen LogP contribution in [0.2, 0.25) is 0 Å². The zero-order valence-electron chi connectivity index (χ0n) is 18.3. The van der Waals surface area contributed by atoms with Gasteiger partial charge in [-0.3, -0.25) is 14.4 Å². The van der Waals surface area contributed by atoms with E-state index >= 15 is 0 Å². The fourth-order valence-electron chi connectivity index (χ4n) is 3.69. The summed E-state index contributed by atoms with van der Waals surface area (Å²) in [5.41, 5.74) is 6.73. The Kier molecular flexibility index (Phi) is 6.01. The van der Waals surface area contributed by atoms with Crippen LogP contribution >= 0.6 is 0 Å². The molecule has 0 heterocycles. The van der Waals surface area contributed by atoms with Crippen molar-refractivity contribution in [1.29, 1.82) is 0 Å². The summed E-state index contributed by atoms with van der Waals surface area (Å²) in [5.74, 6) is -1.43. The van der Waals surface area contributed by atoms with E-state index in [2.05, 4.69) is 5.32 Å². The smallest absolute Gasteiger partial charge is 0.340 e. The molecule has 0 saturated carbocycles. The quantitative estimate of drug-likeness (QED) is 0.331. The van der Waals surface area contributed by atoms with Crippen molar-refractivity contribution in [3.05, 3.63) is 82.4 Å². The minimum absolute atomic E-state index is 0.0504. The van der Waals surface area contributed by atoms with E-state index in [1.165, 1.54) is 32.4 Å². The highest BCUT2D eigenvalue weighted by Crippen LogP contribution is 2.33. The summed E-state index contributed by atoms with van der Waals surface area (Å²) in [7, 11) is 2.94. The number of fused-ring (bicyclic) bond motifs is 2. The minimum atomic E-state index is -0.906. The number of amides is 1. The molecule has 1 amide bonds. The Morgan fingerprint density at radius 2 is 1.59 bits per heavy atom. The Balaban J connectivity index is 1.50. The summed E-state index contributed by atoms with van der Waals surface area (Å²) in [6.45, 7) is -0.611. The number of ether oxygens (including phenoxy) is 3. The first-order valence-corrected chi connectivity index (χ1v) is 10.2. The number of hydrogen-bond donors (Lipinski definition) is 2. The Morgan fingerprint density at radius 3 is 2.26 bits per heavy atom. The SMILES string of the molecule is COc1ccc(NC(=O)COC(=O)c2ccc3c(c2N)C(=O)c2ccccc2C3=O)c(OC)c1. The van der Waals surface area contributed by atoms with E-state index in [1.807, 2.05) is 0 Å². The van der Waals surface area contributed by atoms with Crippen molar-refractivity contribution in [3.8, 4) is 11.5 Å². The van der Waals surface area contributed by atoms with Crippen molar-refractivity contribution >= 4 is 34.8 Å². The monoisotopic (exact) mass is 460 g/mol. The molecule has 0 aromatic heterocycles. The van der Waals surface area contributed by atoms with Gasteiger partial charge in [0.15, 0.2) is 18.2 Å². The van der Waals surface area contributed by atoms with Crippen molar-refractivity contribution in [1.82, 2.24) is 0 Å². The highest BCUT2D eigenvalue weighted by molar-refractivity contribution is 6.30. The second kappa shape index (κ2) is 9.07. The van der Waals surface area contributed by atoms with E-state index in [0.717, 1.165) is 0 Å². The third kappa shape index (κ3) is 3.95. The lowest BCUT2D eigenvalue weighted by molar-refractivity contribution is -0.119. The number of benzene rings is 3. The van der Waals surface area contributed by atoms with E-state index in [9.17, 15) is 19.2 Å². The summed E-state index contributed by atoms with van der Waals surface area (Å²) >= 11 is 0. The second-order valence-electron chi connectivity index (χ2n) is 7.34. The van der Waals surface area contributed by atoms with Gasteiger partial charge in [0.25, 0.3) is 5.91 Å². The number of esters is 1. The third-order valence-electron chi connectivity index (χ3n) is 5.37. The van der Waals surface area contributed by atoms with E-state index in [1.54, 1.807) is 36.4 Å². The fourth-order valence-corrected chi connectivity index (χ4v) is 3.69. The van der Waals surface area contributed by atoms with Crippen molar-refractivity contribution in [2.45, 2.75) is 0 Å². The molecule has 0 aliphatic heterocycles. The van der Waals surface area contributed by atoms with Gasteiger partial charge in [0, 0.05) is 22.8 Å². The van der Waals surface area contributed by atoms with E-state index in [4.69, 9.17) is 19.9 Å². The van der Waals surface area contributed by atoms with Crippen LogP contribution in [-0.2, 0) is 9.53 Å². The number of rotatable bonds is 6. The van der Waals surface area contributed by atoms with Crippen LogP contribution in [0.25, 0.3) is 0 Å². The van der Waals surface area contributed by atoms with Gasteiger partial charge in [-0.1, -0.05) is 24.3 Å². The molecule has 3 aromatic rings. The van der Waals surface area contributed by atoms with Gasteiger partial charge in [0.1, 0.15) is 11.5 Å². The third-order valence-corrected chi connectivity index (χ3v) is 5.37. The van der Waals surface area contributed by atoms with Crippen LogP contribution in [0.4, 0.5) is 11.4 Å². The molecule has 4 rings (SSSR count). The zero-order chi connectivity index (χ0) is 24.4. The number of carbonyl (C=O) groups is 4. The Labute approximate surface area is 194 Å². The molecular weight excluding hydrogens is 440 g/mol. The predicted molar refractivity (Wildman–Crippen MR) is 123 cm³/mol. The van der Waals surface area contributed by atoms with Gasteiger partial charge >= 0.3 is 5.97 Å². The highest BCUT2D eigenvalue weighted by atomic mass is 16.5. The molecule has 0 radical (unpaired) electrons. The molecule has 34 heavy (non-hydrogen) atoms. The van der Waals surface area contributed by atoms with Gasteiger partial charge in [0.05, 0.1) is 36.7 Å². The van der Waals surface area contributed by atoms with Gasteiger partial charge in [-0.05, 0) is 24.3 Å². The topological polar surface area (TPSA) is 134 Å². The first-order chi connectivity index (χ1) is 16.3. The second-order valence-corrected chi connectivity index (χ2v) is 7.34. The zero-order valence-corrected chi connectivity index (χ0v) is 18.3. The number of nitrogen functional groups attached to an aromatic ring is 1. The number of carbonyl (C=O) groups excluding carboxylic acids is 4. The molecule has 1 aliphatic rings. The Bertz CT molecular complexity index is 1350. The normalized spacial score (nSPS) is 11.8. The van der Waals surface area contributed by atoms with Crippen LogP contribution in [0.1, 0.15) is 42.2 Å². The molecule has 0 spiro atoms. The number of anilines is 2. The van der Waals surface area contributed by atoms with Gasteiger partial charge in [-0.15, -0.1) is 0 Å². The van der Waals surface area contributed by atoms with Crippen LogP contribution in [0.3, 0.4) is 0 Å². The van der Waals surface area contributed by atoms with Crippen molar-refractivity contribution in [3.63, 3.8) is 0 Å². The molecule has 3 aromatic carbocycles. The lowest BCUT2D eigenvalue weighted by Crippen LogP contribution is -2.25. The minimum Gasteiger partial charge on any atom is -0.497 e. The molecule has 1 aliphatic carbocycles. The predicted octanol–water partition coefficient (Wildman–Crippen LogP) is 2.86. The number of hydrogen-bond acceptors (Lipinski definition) is 8. The summed E-state index contributed by atoms with van der Waals surface area (Å²) in [4.78, 5) is 50.7.